The minimum absolute atomic E-state index is 0.0557. The molecular formula is C25H29N3O3S2. The third kappa shape index (κ3) is 6.29. The van der Waals surface area contributed by atoms with Gasteiger partial charge in [0.05, 0.1) is 4.90 Å². The molecule has 0 saturated carbocycles. The van der Waals surface area contributed by atoms with E-state index in [0.29, 0.717) is 31.6 Å². The van der Waals surface area contributed by atoms with Gasteiger partial charge in [-0.05, 0) is 54.6 Å². The van der Waals surface area contributed by atoms with Gasteiger partial charge in [-0.15, -0.1) is 11.3 Å². The molecular weight excluding hydrogens is 454 g/mol. The molecule has 0 atom stereocenters. The van der Waals surface area contributed by atoms with E-state index in [4.69, 9.17) is 0 Å². The molecule has 3 aromatic rings. The number of nitrogens with one attached hydrogen (secondary N) is 1. The minimum Gasteiger partial charge on any atom is -0.336 e. The number of sulfonamides is 1. The Morgan fingerprint density at radius 2 is 1.76 bits per heavy atom. The van der Waals surface area contributed by atoms with Crippen LogP contribution in [0.3, 0.4) is 0 Å². The summed E-state index contributed by atoms with van der Waals surface area (Å²) >= 11 is 1.61. The lowest BCUT2D eigenvalue weighted by Crippen LogP contribution is -2.48. The maximum absolute atomic E-state index is 12.9. The first-order valence-corrected chi connectivity index (χ1v) is 13.5. The highest BCUT2D eigenvalue weighted by Crippen LogP contribution is 2.16. The van der Waals surface area contributed by atoms with Crippen molar-refractivity contribution in [1.29, 1.82) is 0 Å². The monoisotopic (exact) mass is 483 g/mol. The molecule has 6 nitrogen and oxygen atoms in total. The molecule has 1 aliphatic heterocycles. The van der Waals surface area contributed by atoms with Crippen LogP contribution in [-0.4, -0.2) is 56.8 Å². The van der Waals surface area contributed by atoms with Gasteiger partial charge in [0, 0.05) is 49.7 Å². The van der Waals surface area contributed by atoms with Gasteiger partial charge in [0.2, 0.25) is 10.0 Å². The van der Waals surface area contributed by atoms with Crippen molar-refractivity contribution in [3.8, 4) is 0 Å². The summed E-state index contributed by atoms with van der Waals surface area (Å²) in [6.45, 7) is 6.29. The number of hydrogen-bond acceptors (Lipinski definition) is 5. The van der Waals surface area contributed by atoms with Gasteiger partial charge >= 0.3 is 0 Å². The number of hydrogen-bond donors (Lipinski definition) is 1. The second-order valence-electron chi connectivity index (χ2n) is 8.31. The summed E-state index contributed by atoms with van der Waals surface area (Å²) < 4.78 is 27.7. The number of piperazine rings is 1. The largest absolute Gasteiger partial charge is 0.336 e. The fourth-order valence-electron chi connectivity index (χ4n) is 3.98. The van der Waals surface area contributed by atoms with Crippen molar-refractivity contribution >= 4 is 27.3 Å². The number of amides is 1. The first-order valence-electron chi connectivity index (χ1n) is 11.1. The Morgan fingerprint density at radius 3 is 2.42 bits per heavy atom. The van der Waals surface area contributed by atoms with E-state index >= 15 is 0 Å². The van der Waals surface area contributed by atoms with Crippen molar-refractivity contribution in [2.75, 3.05) is 32.7 Å². The highest BCUT2D eigenvalue weighted by Gasteiger charge is 2.23. The van der Waals surface area contributed by atoms with Crippen LogP contribution in [0.2, 0.25) is 0 Å². The summed E-state index contributed by atoms with van der Waals surface area (Å²) in [6.07, 6.45) is 0.656. The first-order chi connectivity index (χ1) is 15.9. The highest BCUT2D eigenvalue weighted by molar-refractivity contribution is 7.89. The fraction of sp³-hybridized carbons (Fsp3) is 0.320. The Balaban J connectivity index is 1.29. The van der Waals surface area contributed by atoms with Gasteiger partial charge in [-0.2, -0.15) is 0 Å². The number of thiophene rings is 1. The standard InChI is InChI=1S/C25H29N3O3S2/c1-20-4-2-5-21(18-20)19-27-13-15-28(16-14-27)25(29)22-7-9-24(10-8-22)33(30,31)26-12-11-23-6-3-17-32-23/h2-10,17-18,26H,11-16,19H2,1H3. The average molecular weight is 484 g/mol. The summed E-state index contributed by atoms with van der Waals surface area (Å²) in [5.41, 5.74) is 3.06. The third-order valence-electron chi connectivity index (χ3n) is 5.80. The predicted octanol–water partition coefficient (Wildman–Crippen LogP) is 3.54. The van der Waals surface area contributed by atoms with E-state index in [0.717, 1.165) is 24.5 Å². The quantitative estimate of drug-likeness (QED) is 0.532. The molecule has 1 amide bonds. The molecule has 1 saturated heterocycles. The van der Waals surface area contributed by atoms with E-state index in [1.54, 1.807) is 23.5 Å². The van der Waals surface area contributed by atoms with Gasteiger partial charge in [0.25, 0.3) is 5.91 Å². The van der Waals surface area contributed by atoms with E-state index in [9.17, 15) is 13.2 Å². The fourth-order valence-corrected chi connectivity index (χ4v) is 5.72. The Labute approximate surface area is 199 Å². The Kier molecular flexibility index (Phi) is 7.60. The SMILES string of the molecule is Cc1cccc(CN2CCN(C(=O)c3ccc(S(=O)(=O)NCCc4cccs4)cc3)CC2)c1. The number of aryl methyl sites for hydroxylation is 1. The third-order valence-corrected chi connectivity index (χ3v) is 8.22. The van der Waals surface area contributed by atoms with E-state index < -0.39 is 10.0 Å². The zero-order valence-corrected chi connectivity index (χ0v) is 20.4. The first kappa shape index (κ1) is 23.6. The minimum atomic E-state index is -3.60. The highest BCUT2D eigenvalue weighted by atomic mass is 32.2. The summed E-state index contributed by atoms with van der Waals surface area (Å²) in [4.78, 5) is 18.4. The topological polar surface area (TPSA) is 69.7 Å². The number of carbonyl (C=O) groups excluding carboxylic acids is 1. The lowest BCUT2D eigenvalue weighted by Gasteiger charge is -2.34. The van der Waals surface area contributed by atoms with Gasteiger partial charge < -0.3 is 4.90 Å². The molecule has 174 valence electrons. The van der Waals surface area contributed by atoms with Crippen LogP contribution in [-0.2, 0) is 23.0 Å². The molecule has 1 fully saturated rings. The van der Waals surface area contributed by atoms with E-state index in [-0.39, 0.29) is 10.8 Å². The van der Waals surface area contributed by atoms with Gasteiger partial charge in [0.15, 0.2) is 0 Å². The van der Waals surface area contributed by atoms with Gasteiger partial charge in [0.1, 0.15) is 0 Å². The maximum atomic E-state index is 12.9. The summed E-state index contributed by atoms with van der Waals surface area (Å²) in [6, 6.07) is 18.7. The van der Waals surface area contributed by atoms with Crippen molar-refractivity contribution in [2.45, 2.75) is 24.8 Å². The van der Waals surface area contributed by atoms with Crippen LogP contribution in [0.15, 0.2) is 70.9 Å². The van der Waals surface area contributed by atoms with Gasteiger partial charge in [-0.1, -0.05) is 35.9 Å². The van der Waals surface area contributed by atoms with Crippen LogP contribution >= 0.6 is 11.3 Å². The Morgan fingerprint density at radius 1 is 1.00 bits per heavy atom. The molecule has 2 heterocycles. The van der Waals surface area contributed by atoms with Crippen LogP contribution in [0.1, 0.15) is 26.4 Å². The smallest absolute Gasteiger partial charge is 0.253 e. The van der Waals surface area contributed by atoms with Crippen molar-refractivity contribution in [3.63, 3.8) is 0 Å². The van der Waals surface area contributed by atoms with Crippen LogP contribution in [0.25, 0.3) is 0 Å². The van der Waals surface area contributed by atoms with Crippen LogP contribution in [0, 0.1) is 6.92 Å². The van der Waals surface area contributed by atoms with Crippen molar-refractivity contribution in [1.82, 2.24) is 14.5 Å². The maximum Gasteiger partial charge on any atom is 0.253 e. The average Bonchev–Trinajstić information content (AvgIpc) is 3.33. The number of benzene rings is 2. The van der Waals surface area contributed by atoms with Crippen LogP contribution in [0.4, 0.5) is 0 Å². The normalized spacial score (nSPS) is 15.0. The number of nitrogens with zero attached hydrogens (tertiary/aromatic N) is 2. The molecule has 33 heavy (non-hydrogen) atoms. The molecule has 0 unspecified atom stereocenters. The molecule has 1 aromatic heterocycles. The molecule has 0 bridgehead atoms. The van der Waals surface area contributed by atoms with E-state index in [1.807, 2.05) is 22.4 Å². The summed E-state index contributed by atoms with van der Waals surface area (Å²) in [5.74, 6) is -0.0557. The molecule has 4 rings (SSSR count). The van der Waals surface area contributed by atoms with Crippen LogP contribution < -0.4 is 4.72 Å². The Bertz CT molecular complexity index is 1170. The molecule has 0 aliphatic carbocycles. The van der Waals surface area contributed by atoms with Gasteiger partial charge in [-0.25, -0.2) is 13.1 Å². The summed E-state index contributed by atoms with van der Waals surface area (Å²) in [5, 5.41) is 1.98. The predicted molar refractivity (Wildman–Crippen MR) is 132 cm³/mol. The Hall–Kier alpha value is -2.52. The van der Waals surface area contributed by atoms with Crippen molar-refractivity contribution < 1.29 is 13.2 Å². The number of carbonyl (C=O) groups is 1. The second kappa shape index (κ2) is 10.6. The molecule has 2 aromatic carbocycles. The molecule has 1 aliphatic rings. The lowest BCUT2D eigenvalue weighted by molar-refractivity contribution is 0.0628. The molecule has 8 heteroatoms. The summed E-state index contributed by atoms with van der Waals surface area (Å²) in [7, 11) is -3.60. The molecule has 0 spiro atoms. The van der Waals surface area contributed by atoms with Crippen molar-refractivity contribution in [3.05, 3.63) is 87.6 Å². The van der Waals surface area contributed by atoms with Crippen LogP contribution in [0.5, 0.6) is 0 Å². The molecule has 1 N–H and O–H groups in total. The zero-order valence-electron chi connectivity index (χ0n) is 18.7. The molecule has 0 radical (unpaired) electrons. The lowest BCUT2D eigenvalue weighted by atomic mass is 10.1. The number of rotatable bonds is 8. The second-order valence-corrected chi connectivity index (χ2v) is 11.1. The van der Waals surface area contributed by atoms with Gasteiger partial charge in [-0.3, -0.25) is 9.69 Å². The van der Waals surface area contributed by atoms with E-state index in [1.165, 1.54) is 23.3 Å². The van der Waals surface area contributed by atoms with Crippen molar-refractivity contribution in [2.24, 2.45) is 0 Å². The van der Waals surface area contributed by atoms with E-state index in [2.05, 4.69) is 40.8 Å². The zero-order chi connectivity index (χ0) is 23.3.